The standard InChI is InChI=1S/C30H24N6O4S/c1-2-3-16-40-25-14-12-20(13-15-25)28-31-30-35(33-28)29(37)26(41-30)18-22-19-34(23-9-5-4-6-10-23)32-27(22)21-8-7-11-24(17-21)36(38)39/h4-15,17-19H,2-3,16H2,1H3/b26-18-. The van der Waals surface area contributed by atoms with E-state index in [9.17, 15) is 14.9 Å². The Hall–Kier alpha value is -5.16. The summed E-state index contributed by atoms with van der Waals surface area (Å²) in [6.07, 6.45) is 5.59. The molecule has 0 amide bonds. The van der Waals surface area contributed by atoms with E-state index in [1.165, 1.54) is 28.0 Å². The van der Waals surface area contributed by atoms with Crippen LogP contribution in [0, 0.1) is 10.1 Å². The van der Waals surface area contributed by atoms with Crippen LogP contribution in [-0.4, -0.2) is 35.9 Å². The summed E-state index contributed by atoms with van der Waals surface area (Å²) in [7, 11) is 0. The van der Waals surface area contributed by atoms with Crippen LogP contribution >= 0.6 is 11.3 Å². The molecule has 3 aromatic carbocycles. The van der Waals surface area contributed by atoms with Crippen molar-refractivity contribution in [3.63, 3.8) is 0 Å². The van der Waals surface area contributed by atoms with Crippen molar-refractivity contribution >= 4 is 28.1 Å². The van der Waals surface area contributed by atoms with E-state index in [0.29, 0.717) is 38.7 Å². The lowest BCUT2D eigenvalue weighted by molar-refractivity contribution is -0.384. The number of hydrogen-bond acceptors (Lipinski definition) is 8. The summed E-state index contributed by atoms with van der Waals surface area (Å²) in [6.45, 7) is 2.78. The van der Waals surface area contributed by atoms with Crippen molar-refractivity contribution in [1.82, 2.24) is 24.4 Å². The molecule has 0 saturated carbocycles. The second-order valence-electron chi connectivity index (χ2n) is 9.29. The first kappa shape index (κ1) is 26.1. The third-order valence-electron chi connectivity index (χ3n) is 6.44. The predicted molar refractivity (Wildman–Crippen MR) is 157 cm³/mol. The van der Waals surface area contributed by atoms with Crippen LogP contribution in [0.25, 0.3) is 39.4 Å². The molecule has 0 aliphatic rings. The van der Waals surface area contributed by atoms with Gasteiger partial charge in [0.1, 0.15) is 11.4 Å². The molecule has 0 aliphatic heterocycles. The van der Waals surface area contributed by atoms with Gasteiger partial charge in [0.05, 0.1) is 21.7 Å². The van der Waals surface area contributed by atoms with Gasteiger partial charge in [0.15, 0.2) is 5.82 Å². The van der Waals surface area contributed by atoms with E-state index >= 15 is 0 Å². The number of ether oxygens (including phenoxy) is 1. The van der Waals surface area contributed by atoms with Crippen molar-refractivity contribution in [1.29, 1.82) is 0 Å². The average Bonchev–Trinajstić information content (AvgIpc) is 3.69. The first-order valence-corrected chi connectivity index (χ1v) is 13.9. The summed E-state index contributed by atoms with van der Waals surface area (Å²) >= 11 is 1.22. The number of para-hydroxylation sites is 1. The van der Waals surface area contributed by atoms with Crippen molar-refractivity contribution in [2.75, 3.05) is 6.61 Å². The van der Waals surface area contributed by atoms with Gasteiger partial charge in [-0.1, -0.05) is 55.0 Å². The van der Waals surface area contributed by atoms with Crippen molar-refractivity contribution in [3.8, 4) is 34.1 Å². The van der Waals surface area contributed by atoms with E-state index in [4.69, 9.17) is 9.84 Å². The molecule has 0 spiro atoms. The Labute approximate surface area is 237 Å². The Morgan fingerprint density at radius 2 is 1.80 bits per heavy atom. The molecule has 0 N–H and O–H groups in total. The third kappa shape index (κ3) is 5.35. The summed E-state index contributed by atoms with van der Waals surface area (Å²) < 4.78 is 9.13. The SMILES string of the molecule is CCCCOc1ccc(-c2nc3s/c(=C\c4cn(-c5ccccc5)nc4-c4cccc([N+](=O)[O-])c4)c(=O)n3n2)cc1. The highest BCUT2D eigenvalue weighted by Gasteiger charge is 2.17. The van der Waals surface area contributed by atoms with Gasteiger partial charge in [0.25, 0.3) is 11.2 Å². The fourth-order valence-electron chi connectivity index (χ4n) is 4.33. The lowest BCUT2D eigenvalue weighted by Gasteiger charge is -2.05. The largest absolute Gasteiger partial charge is 0.494 e. The van der Waals surface area contributed by atoms with Crippen LogP contribution in [0.5, 0.6) is 5.75 Å². The topological polar surface area (TPSA) is 117 Å². The van der Waals surface area contributed by atoms with Gasteiger partial charge in [0, 0.05) is 35.0 Å². The van der Waals surface area contributed by atoms with E-state index in [-0.39, 0.29) is 11.2 Å². The van der Waals surface area contributed by atoms with Gasteiger partial charge in [-0.2, -0.15) is 14.6 Å². The van der Waals surface area contributed by atoms with Gasteiger partial charge in [-0.25, -0.2) is 4.68 Å². The average molecular weight is 565 g/mol. The lowest BCUT2D eigenvalue weighted by atomic mass is 10.1. The van der Waals surface area contributed by atoms with Crippen molar-refractivity contribution in [3.05, 3.63) is 116 Å². The molecule has 0 atom stereocenters. The number of aromatic nitrogens is 5. The highest BCUT2D eigenvalue weighted by molar-refractivity contribution is 7.15. The van der Waals surface area contributed by atoms with Crippen LogP contribution in [0.15, 0.2) is 89.9 Å². The molecule has 41 heavy (non-hydrogen) atoms. The van der Waals surface area contributed by atoms with Gasteiger partial charge in [0.2, 0.25) is 4.96 Å². The van der Waals surface area contributed by atoms with Gasteiger partial charge in [-0.3, -0.25) is 14.9 Å². The molecule has 0 saturated heterocycles. The maximum atomic E-state index is 13.3. The molecule has 11 heteroatoms. The van der Waals surface area contributed by atoms with E-state index in [2.05, 4.69) is 17.0 Å². The molecule has 0 unspecified atom stereocenters. The number of benzene rings is 3. The highest BCUT2D eigenvalue weighted by atomic mass is 32.1. The van der Waals surface area contributed by atoms with Crippen LogP contribution in [0.2, 0.25) is 0 Å². The molecular weight excluding hydrogens is 540 g/mol. The first-order valence-electron chi connectivity index (χ1n) is 13.0. The van der Waals surface area contributed by atoms with Crippen molar-refractivity contribution in [2.45, 2.75) is 19.8 Å². The molecule has 0 radical (unpaired) electrons. The summed E-state index contributed by atoms with van der Waals surface area (Å²) in [5.74, 6) is 1.23. The number of fused-ring (bicyclic) bond motifs is 1. The number of nitro benzene ring substituents is 1. The van der Waals surface area contributed by atoms with Crippen molar-refractivity contribution < 1.29 is 9.66 Å². The summed E-state index contributed by atoms with van der Waals surface area (Å²) in [6, 6.07) is 23.3. The normalized spacial score (nSPS) is 11.8. The number of nitrogens with zero attached hydrogens (tertiary/aromatic N) is 6. The Morgan fingerprint density at radius 1 is 1.00 bits per heavy atom. The number of non-ortho nitro benzene ring substituents is 1. The number of hydrogen-bond donors (Lipinski definition) is 0. The van der Waals surface area contributed by atoms with Crippen LogP contribution in [-0.2, 0) is 0 Å². The number of unbranched alkanes of at least 4 members (excludes halogenated alkanes) is 1. The second-order valence-corrected chi connectivity index (χ2v) is 10.3. The second kappa shape index (κ2) is 11.1. The number of rotatable bonds is 9. The molecule has 0 bridgehead atoms. The molecule has 6 rings (SSSR count). The first-order chi connectivity index (χ1) is 20.0. The van der Waals surface area contributed by atoms with Gasteiger partial charge in [-0.05, 0) is 48.9 Å². The van der Waals surface area contributed by atoms with E-state index in [0.717, 1.165) is 29.8 Å². The fourth-order valence-corrected chi connectivity index (χ4v) is 5.23. The van der Waals surface area contributed by atoms with Crippen LogP contribution in [0.1, 0.15) is 25.3 Å². The van der Waals surface area contributed by atoms with Crippen LogP contribution in [0.4, 0.5) is 5.69 Å². The molecule has 3 heterocycles. The lowest BCUT2D eigenvalue weighted by Crippen LogP contribution is -2.23. The molecule has 6 aromatic rings. The van der Waals surface area contributed by atoms with E-state index in [1.54, 1.807) is 29.1 Å². The molecule has 10 nitrogen and oxygen atoms in total. The van der Waals surface area contributed by atoms with E-state index in [1.807, 2.05) is 54.6 Å². The van der Waals surface area contributed by atoms with Crippen LogP contribution in [0.3, 0.4) is 0 Å². The maximum absolute atomic E-state index is 13.3. The summed E-state index contributed by atoms with van der Waals surface area (Å²) in [5.41, 5.74) is 2.96. The zero-order valence-corrected chi connectivity index (χ0v) is 22.8. The zero-order valence-electron chi connectivity index (χ0n) is 22.0. The molecular formula is C30H24N6O4S. The molecule has 204 valence electrons. The molecule has 3 aromatic heterocycles. The fraction of sp³-hybridized carbons (Fsp3) is 0.133. The Bertz CT molecular complexity index is 1960. The Kier molecular flexibility index (Phi) is 7.09. The van der Waals surface area contributed by atoms with E-state index < -0.39 is 4.92 Å². The summed E-state index contributed by atoms with van der Waals surface area (Å²) in [5, 5.41) is 20.6. The predicted octanol–water partition coefficient (Wildman–Crippen LogP) is 5.31. The summed E-state index contributed by atoms with van der Waals surface area (Å²) in [4.78, 5) is 29.4. The monoisotopic (exact) mass is 564 g/mol. The molecule has 0 aliphatic carbocycles. The highest BCUT2D eigenvalue weighted by Crippen LogP contribution is 2.28. The minimum atomic E-state index is -0.443. The number of nitro groups is 1. The third-order valence-corrected chi connectivity index (χ3v) is 7.40. The van der Waals surface area contributed by atoms with Crippen molar-refractivity contribution in [2.24, 2.45) is 0 Å². The van der Waals surface area contributed by atoms with Crippen LogP contribution < -0.4 is 14.8 Å². The zero-order chi connectivity index (χ0) is 28.3. The Balaban J connectivity index is 1.39. The maximum Gasteiger partial charge on any atom is 0.291 e. The number of thiazole rings is 1. The Morgan fingerprint density at radius 3 is 2.54 bits per heavy atom. The minimum Gasteiger partial charge on any atom is -0.494 e. The van der Waals surface area contributed by atoms with Gasteiger partial charge < -0.3 is 4.74 Å². The minimum absolute atomic E-state index is 0.0425. The smallest absolute Gasteiger partial charge is 0.291 e. The molecule has 0 fully saturated rings. The van der Waals surface area contributed by atoms with Gasteiger partial charge in [-0.15, -0.1) is 5.10 Å². The van der Waals surface area contributed by atoms with Gasteiger partial charge >= 0.3 is 0 Å². The quantitative estimate of drug-likeness (QED) is 0.133.